The van der Waals surface area contributed by atoms with Crippen LogP contribution in [0.3, 0.4) is 0 Å². The van der Waals surface area contributed by atoms with Crippen LogP contribution in [0.4, 0.5) is 0 Å². The van der Waals surface area contributed by atoms with Crippen molar-refractivity contribution in [2.75, 3.05) is 26.4 Å². The molecule has 5 heterocycles. The first-order valence-electron chi connectivity index (χ1n) is 19.4. The van der Waals surface area contributed by atoms with Crippen LogP contribution in [0, 0.1) is 0 Å². The van der Waals surface area contributed by atoms with Crippen LogP contribution in [0.1, 0.15) is 20.8 Å². The van der Waals surface area contributed by atoms with E-state index in [1.54, 1.807) is 0 Å². The second-order valence-electron chi connectivity index (χ2n) is 15.4. The van der Waals surface area contributed by atoms with Crippen LogP contribution in [0.5, 0.6) is 0 Å². The molecule has 0 aromatic rings. The quantitative estimate of drug-likeness (QED) is 0.0770. The number of rotatable bonds is 14. The minimum Gasteiger partial charge on any atom is -0.394 e. The van der Waals surface area contributed by atoms with E-state index < -0.39 is 192 Å². The molecule has 61 heavy (non-hydrogen) atoms. The van der Waals surface area contributed by atoms with Crippen LogP contribution in [0.15, 0.2) is 0 Å². The highest BCUT2D eigenvalue weighted by Crippen LogP contribution is 2.35. The predicted octanol–water partition coefficient (Wildman–Crippen LogP) is -10.6. The van der Waals surface area contributed by atoms with Crippen molar-refractivity contribution < 1.29 is 124 Å². The van der Waals surface area contributed by atoms with Crippen molar-refractivity contribution in [3.63, 3.8) is 0 Å². The Morgan fingerprint density at radius 2 is 0.885 bits per heavy atom. The van der Waals surface area contributed by atoms with Crippen molar-refractivity contribution in [1.29, 1.82) is 0 Å². The fourth-order valence-electron chi connectivity index (χ4n) is 7.67. The van der Waals surface area contributed by atoms with E-state index in [9.17, 15) is 81.1 Å². The molecule has 0 aromatic carbocycles. The molecule has 0 aromatic heterocycles. The maximum Gasteiger partial charge on any atom is 0.217 e. The van der Waals surface area contributed by atoms with Crippen LogP contribution in [-0.2, 0) is 52.2 Å². The fourth-order valence-corrected chi connectivity index (χ4v) is 7.67. The van der Waals surface area contributed by atoms with E-state index in [0.717, 1.165) is 13.8 Å². The second-order valence-corrected chi connectivity index (χ2v) is 15.4. The Balaban J connectivity index is 1.44. The molecule has 0 radical (unpaired) electrons. The Morgan fingerprint density at radius 1 is 0.459 bits per heavy atom. The molecule has 5 saturated heterocycles. The van der Waals surface area contributed by atoms with Crippen LogP contribution in [-0.4, -0.2) is 263 Å². The molecule has 2 amide bonds. The molecule has 27 heteroatoms. The second kappa shape index (κ2) is 21.3. The summed E-state index contributed by atoms with van der Waals surface area (Å²) >= 11 is 0. The summed E-state index contributed by atoms with van der Waals surface area (Å²) in [7, 11) is 0. The van der Waals surface area contributed by atoms with E-state index in [1.165, 1.54) is 6.92 Å². The summed E-state index contributed by atoms with van der Waals surface area (Å²) in [5.74, 6) is -1.52. The zero-order chi connectivity index (χ0) is 45.2. The van der Waals surface area contributed by atoms with Gasteiger partial charge in [0.25, 0.3) is 0 Å². The zero-order valence-electron chi connectivity index (χ0n) is 33.0. The molecule has 0 bridgehead atoms. The Labute approximate surface area is 346 Å². The van der Waals surface area contributed by atoms with Gasteiger partial charge < -0.3 is 125 Å². The number of aliphatic hydroxyl groups is 14. The summed E-state index contributed by atoms with van der Waals surface area (Å²) in [6.45, 7) is -0.000395. The van der Waals surface area contributed by atoms with Gasteiger partial charge in [-0.05, 0) is 6.92 Å². The van der Waals surface area contributed by atoms with Gasteiger partial charge >= 0.3 is 0 Å². The third-order valence-electron chi connectivity index (χ3n) is 11.1. The summed E-state index contributed by atoms with van der Waals surface area (Å²) in [6, 6.07) is -3.20. The lowest BCUT2D eigenvalue weighted by Gasteiger charge is -2.50. The predicted molar refractivity (Wildman–Crippen MR) is 188 cm³/mol. The number of carbonyl (C=O) groups is 2. The standard InChI is InChI=1S/C34H58N2O25/c1-8-17(42)21(46)24(49)32(54-8)61-29-16(36-10(3)41)31(58-13(6-39)27(29)59-33-25(50)22(47)18(43)11(4-37)56-33)53-7-14-20(45)28(15(30(52)55-14)35-9(2)40)60-34-26(51)23(48)19(44)12(5-38)57-34/h8,11-34,37-39,42-52H,4-7H2,1-3H3,(H,35,40)(H,36,41). The third kappa shape index (κ3) is 10.9. The van der Waals surface area contributed by atoms with Gasteiger partial charge in [0.15, 0.2) is 31.5 Å². The number of aliphatic hydroxyl groups excluding tert-OH is 14. The highest BCUT2D eigenvalue weighted by Gasteiger charge is 2.56. The average molecular weight is 895 g/mol. The average Bonchev–Trinajstić information content (AvgIpc) is 3.22. The normalized spacial score (nSPS) is 49.6. The van der Waals surface area contributed by atoms with Gasteiger partial charge in [0.2, 0.25) is 11.8 Å². The van der Waals surface area contributed by atoms with E-state index >= 15 is 0 Å². The number of amides is 2. The largest absolute Gasteiger partial charge is 0.394 e. The van der Waals surface area contributed by atoms with Crippen LogP contribution in [0.25, 0.3) is 0 Å². The number of ether oxygens (including phenoxy) is 9. The minimum absolute atomic E-state index is 0.740. The molecule has 16 N–H and O–H groups in total. The van der Waals surface area contributed by atoms with Crippen LogP contribution >= 0.6 is 0 Å². The third-order valence-corrected chi connectivity index (χ3v) is 11.1. The molecule has 5 aliphatic heterocycles. The van der Waals surface area contributed by atoms with Crippen molar-refractivity contribution in [2.24, 2.45) is 0 Å². The van der Waals surface area contributed by atoms with Crippen molar-refractivity contribution in [1.82, 2.24) is 10.6 Å². The Kier molecular flexibility index (Phi) is 17.5. The monoisotopic (exact) mass is 894 g/mol. The van der Waals surface area contributed by atoms with Gasteiger partial charge in [-0.1, -0.05) is 0 Å². The molecule has 25 atom stereocenters. The van der Waals surface area contributed by atoms with Crippen LogP contribution < -0.4 is 10.6 Å². The molecule has 5 aliphatic rings. The van der Waals surface area contributed by atoms with Crippen molar-refractivity contribution in [3.05, 3.63) is 0 Å². The summed E-state index contributed by atoms with van der Waals surface area (Å²) in [5.41, 5.74) is 0. The summed E-state index contributed by atoms with van der Waals surface area (Å²) in [4.78, 5) is 24.8. The van der Waals surface area contributed by atoms with Crippen molar-refractivity contribution in [3.8, 4) is 0 Å². The SMILES string of the molecule is CC(=O)NC1C(O)OC(COC2OC(CO)C(OC3OC(CO)C(O)C(O)C3O)C(OC3OC(C)C(O)C(O)C3O)C2NC(C)=O)C(O)C1OC1OC(CO)C(O)C(O)C1O. The molecule has 5 fully saturated rings. The number of nitrogens with one attached hydrogen (secondary N) is 2. The van der Waals surface area contributed by atoms with Gasteiger partial charge in [0.1, 0.15) is 116 Å². The van der Waals surface area contributed by atoms with Crippen LogP contribution in [0.2, 0.25) is 0 Å². The first-order valence-corrected chi connectivity index (χ1v) is 19.4. The van der Waals surface area contributed by atoms with E-state index in [1.807, 2.05) is 0 Å². The number of hydrogen-bond acceptors (Lipinski definition) is 25. The fraction of sp³-hybridized carbons (Fsp3) is 0.941. The van der Waals surface area contributed by atoms with Gasteiger partial charge in [0, 0.05) is 13.8 Å². The Bertz CT molecular complexity index is 1420. The molecular formula is C34H58N2O25. The lowest BCUT2D eigenvalue weighted by Crippen LogP contribution is -2.70. The Morgan fingerprint density at radius 3 is 1.38 bits per heavy atom. The first-order chi connectivity index (χ1) is 28.7. The molecule has 27 nitrogen and oxygen atoms in total. The highest BCUT2D eigenvalue weighted by molar-refractivity contribution is 5.73. The minimum atomic E-state index is -2.00. The summed E-state index contributed by atoms with van der Waals surface area (Å²) < 4.78 is 51.8. The van der Waals surface area contributed by atoms with Crippen molar-refractivity contribution >= 4 is 11.8 Å². The smallest absolute Gasteiger partial charge is 0.217 e. The van der Waals surface area contributed by atoms with E-state index in [4.69, 9.17) is 42.6 Å². The molecular weight excluding hydrogens is 836 g/mol. The molecule has 25 unspecified atom stereocenters. The van der Waals surface area contributed by atoms with Gasteiger partial charge in [-0.3, -0.25) is 9.59 Å². The summed E-state index contributed by atoms with van der Waals surface area (Å²) in [6.07, 6.45) is -40.6. The number of carbonyl (C=O) groups excluding carboxylic acids is 2. The molecule has 0 aliphatic carbocycles. The summed E-state index contributed by atoms with van der Waals surface area (Å²) in [5, 5.41) is 152. The molecule has 5 rings (SSSR count). The zero-order valence-corrected chi connectivity index (χ0v) is 33.0. The maximum absolute atomic E-state index is 12.7. The first kappa shape index (κ1) is 50.0. The molecule has 354 valence electrons. The topological polar surface area (TPSA) is 424 Å². The highest BCUT2D eigenvalue weighted by atomic mass is 16.8. The van der Waals surface area contributed by atoms with E-state index in [0.29, 0.717) is 0 Å². The molecule has 0 saturated carbocycles. The van der Waals surface area contributed by atoms with Gasteiger partial charge in [-0.2, -0.15) is 0 Å². The van der Waals surface area contributed by atoms with E-state index in [-0.39, 0.29) is 0 Å². The van der Waals surface area contributed by atoms with Gasteiger partial charge in [0.05, 0.1) is 32.5 Å². The molecule has 0 spiro atoms. The van der Waals surface area contributed by atoms with Gasteiger partial charge in [-0.25, -0.2) is 0 Å². The Hall–Kier alpha value is -1.98. The lowest BCUT2D eigenvalue weighted by atomic mass is 9.94. The number of hydrogen-bond donors (Lipinski definition) is 16. The lowest BCUT2D eigenvalue weighted by molar-refractivity contribution is -0.376. The van der Waals surface area contributed by atoms with E-state index in [2.05, 4.69) is 10.6 Å². The van der Waals surface area contributed by atoms with Crippen molar-refractivity contribution in [2.45, 2.75) is 174 Å². The van der Waals surface area contributed by atoms with Gasteiger partial charge in [-0.15, -0.1) is 0 Å². The maximum atomic E-state index is 12.7.